The molecule has 0 aromatic carbocycles. The van der Waals surface area contributed by atoms with Crippen molar-refractivity contribution in [3.63, 3.8) is 0 Å². The number of hydrogen-bond acceptors (Lipinski definition) is 5. The first-order valence-electron chi connectivity index (χ1n) is 5.53. The normalized spacial score (nSPS) is 10.9. The third-order valence-corrected chi connectivity index (χ3v) is 2.59. The zero-order chi connectivity index (χ0) is 12.1. The smallest absolute Gasteiger partial charge is 0.139 e. The Morgan fingerprint density at radius 2 is 2.29 bits per heavy atom. The summed E-state index contributed by atoms with van der Waals surface area (Å²) in [6, 6.07) is 3.71. The molecule has 0 aliphatic heterocycles. The molecule has 17 heavy (non-hydrogen) atoms. The van der Waals surface area contributed by atoms with Crippen molar-refractivity contribution in [2.24, 2.45) is 0 Å². The van der Waals surface area contributed by atoms with Gasteiger partial charge >= 0.3 is 0 Å². The fourth-order valence-electron chi connectivity index (χ4n) is 1.78. The molecule has 0 atom stereocenters. The monoisotopic (exact) mass is 236 g/mol. The average molecular weight is 236 g/mol. The Balaban J connectivity index is 2.30. The first-order valence-corrected chi connectivity index (χ1v) is 5.53. The van der Waals surface area contributed by atoms with Gasteiger partial charge in [-0.3, -0.25) is 0 Å². The maximum absolute atomic E-state index is 9.09. The van der Waals surface area contributed by atoms with E-state index in [4.69, 9.17) is 14.3 Å². The van der Waals surface area contributed by atoms with Crippen LogP contribution in [0, 0.1) is 0 Å². The number of methoxy groups -OCH3 is 1. The maximum atomic E-state index is 9.09. The number of ether oxygens (including phenoxy) is 1. The summed E-state index contributed by atoms with van der Waals surface area (Å²) in [5.41, 5.74) is 0.801. The summed E-state index contributed by atoms with van der Waals surface area (Å²) in [7, 11) is 1.66. The van der Waals surface area contributed by atoms with Crippen LogP contribution in [0.2, 0.25) is 0 Å². The predicted octanol–water partition coefficient (Wildman–Crippen LogP) is 1.27. The Morgan fingerprint density at radius 1 is 1.41 bits per heavy atom. The molecule has 2 aromatic rings. The van der Waals surface area contributed by atoms with Crippen LogP contribution >= 0.6 is 0 Å². The van der Waals surface area contributed by atoms with Crippen molar-refractivity contribution in [1.29, 1.82) is 0 Å². The Bertz CT molecular complexity index is 469. The van der Waals surface area contributed by atoms with Gasteiger partial charge < -0.3 is 19.2 Å². The minimum atomic E-state index is 0.0830. The lowest BCUT2D eigenvalue weighted by molar-refractivity contribution is 0.202. The van der Waals surface area contributed by atoms with Crippen molar-refractivity contribution in [3.8, 4) is 0 Å². The van der Waals surface area contributed by atoms with E-state index >= 15 is 0 Å². The second-order valence-corrected chi connectivity index (χ2v) is 3.67. The Morgan fingerprint density at radius 3 is 3.06 bits per heavy atom. The highest BCUT2D eigenvalue weighted by Gasteiger charge is 2.12. The van der Waals surface area contributed by atoms with Crippen LogP contribution in [0.25, 0.3) is 11.0 Å². The number of aliphatic hydroxyl groups is 1. The Kier molecular flexibility index (Phi) is 3.95. The fraction of sp³-hybridized carbons (Fsp3) is 0.417. The van der Waals surface area contributed by atoms with Crippen LogP contribution in [0.3, 0.4) is 0 Å². The van der Waals surface area contributed by atoms with Gasteiger partial charge in [0, 0.05) is 26.4 Å². The molecule has 0 unspecified atom stereocenters. The topological polar surface area (TPSA) is 58.7 Å². The molecule has 0 aliphatic rings. The number of anilines is 1. The van der Waals surface area contributed by atoms with E-state index in [0.29, 0.717) is 19.7 Å². The van der Waals surface area contributed by atoms with Gasteiger partial charge in [-0.05, 0) is 12.1 Å². The molecule has 0 fully saturated rings. The molecule has 92 valence electrons. The summed E-state index contributed by atoms with van der Waals surface area (Å²) in [6.45, 7) is 1.89. The molecule has 2 heterocycles. The summed E-state index contributed by atoms with van der Waals surface area (Å²) < 4.78 is 10.4. The van der Waals surface area contributed by atoms with E-state index in [1.165, 1.54) is 0 Å². The van der Waals surface area contributed by atoms with Crippen molar-refractivity contribution >= 4 is 16.8 Å². The van der Waals surface area contributed by atoms with E-state index in [0.717, 1.165) is 16.8 Å². The van der Waals surface area contributed by atoms with Crippen molar-refractivity contribution in [3.05, 3.63) is 24.6 Å². The number of aliphatic hydroxyl groups excluding tert-OH is 1. The summed E-state index contributed by atoms with van der Waals surface area (Å²) in [6.07, 6.45) is 3.35. The van der Waals surface area contributed by atoms with Gasteiger partial charge in [0.1, 0.15) is 11.4 Å². The molecule has 5 heteroatoms. The van der Waals surface area contributed by atoms with Crippen LogP contribution in [0.5, 0.6) is 0 Å². The number of furan rings is 1. The van der Waals surface area contributed by atoms with E-state index in [2.05, 4.69) is 4.98 Å². The van der Waals surface area contributed by atoms with Crippen molar-refractivity contribution in [2.45, 2.75) is 0 Å². The lowest BCUT2D eigenvalue weighted by Gasteiger charge is -2.22. The molecule has 0 saturated carbocycles. The molecule has 0 radical (unpaired) electrons. The molecular weight excluding hydrogens is 220 g/mol. The van der Waals surface area contributed by atoms with Gasteiger partial charge in [0.25, 0.3) is 0 Å². The molecule has 0 spiro atoms. The number of aromatic nitrogens is 1. The number of pyridine rings is 1. The first kappa shape index (κ1) is 11.9. The van der Waals surface area contributed by atoms with Crippen LogP contribution in [0.1, 0.15) is 0 Å². The summed E-state index contributed by atoms with van der Waals surface area (Å²) in [4.78, 5) is 6.34. The van der Waals surface area contributed by atoms with Gasteiger partial charge in [-0.2, -0.15) is 0 Å². The van der Waals surface area contributed by atoms with Gasteiger partial charge in [0.15, 0.2) is 0 Å². The highest BCUT2D eigenvalue weighted by molar-refractivity contribution is 5.88. The van der Waals surface area contributed by atoms with Gasteiger partial charge in [-0.1, -0.05) is 0 Å². The third kappa shape index (κ3) is 2.57. The minimum Gasteiger partial charge on any atom is -0.464 e. The molecule has 1 N–H and O–H groups in total. The van der Waals surface area contributed by atoms with E-state index in [1.54, 1.807) is 19.6 Å². The first-order chi connectivity index (χ1) is 8.36. The summed E-state index contributed by atoms with van der Waals surface area (Å²) >= 11 is 0. The summed E-state index contributed by atoms with van der Waals surface area (Å²) in [5, 5.41) is 10.0. The maximum Gasteiger partial charge on any atom is 0.139 e. The van der Waals surface area contributed by atoms with Crippen molar-refractivity contribution in [1.82, 2.24) is 4.98 Å². The molecule has 0 aliphatic carbocycles. The fourth-order valence-corrected chi connectivity index (χ4v) is 1.78. The number of fused-ring (bicyclic) bond motifs is 1. The van der Waals surface area contributed by atoms with Crippen molar-refractivity contribution in [2.75, 3.05) is 38.3 Å². The average Bonchev–Trinajstić information content (AvgIpc) is 2.82. The molecule has 2 aromatic heterocycles. The van der Waals surface area contributed by atoms with E-state index in [1.807, 2.05) is 17.0 Å². The quantitative estimate of drug-likeness (QED) is 0.818. The molecule has 5 nitrogen and oxygen atoms in total. The second-order valence-electron chi connectivity index (χ2n) is 3.67. The predicted molar refractivity (Wildman–Crippen MR) is 65.2 cm³/mol. The highest BCUT2D eigenvalue weighted by Crippen LogP contribution is 2.24. The van der Waals surface area contributed by atoms with Crippen LogP contribution in [0.4, 0.5) is 5.82 Å². The molecule has 2 rings (SSSR count). The van der Waals surface area contributed by atoms with E-state index < -0.39 is 0 Å². The third-order valence-electron chi connectivity index (χ3n) is 2.59. The molecular formula is C12H16N2O3. The van der Waals surface area contributed by atoms with Gasteiger partial charge in [-0.15, -0.1) is 0 Å². The van der Waals surface area contributed by atoms with E-state index in [9.17, 15) is 0 Å². The van der Waals surface area contributed by atoms with Crippen LogP contribution in [-0.4, -0.2) is 43.5 Å². The van der Waals surface area contributed by atoms with E-state index in [-0.39, 0.29) is 6.61 Å². The number of hydrogen-bond donors (Lipinski definition) is 1. The SMILES string of the molecule is COCCN(CCO)c1nccc2occc12. The molecule has 0 amide bonds. The number of rotatable bonds is 6. The van der Waals surface area contributed by atoms with Gasteiger partial charge in [0.2, 0.25) is 0 Å². The number of nitrogens with zero attached hydrogens (tertiary/aromatic N) is 2. The minimum absolute atomic E-state index is 0.0830. The van der Waals surface area contributed by atoms with Gasteiger partial charge in [0.05, 0.1) is 24.9 Å². The Labute approximate surface area is 99.6 Å². The van der Waals surface area contributed by atoms with Gasteiger partial charge in [-0.25, -0.2) is 4.98 Å². The highest BCUT2D eigenvalue weighted by atomic mass is 16.5. The largest absolute Gasteiger partial charge is 0.464 e. The second kappa shape index (κ2) is 5.65. The zero-order valence-corrected chi connectivity index (χ0v) is 9.80. The summed E-state index contributed by atoms with van der Waals surface area (Å²) in [5.74, 6) is 0.822. The van der Waals surface area contributed by atoms with Crippen LogP contribution in [-0.2, 0) is 4.74 Å². The van der Waals surface area contributed by atoms with Crippen LogP contribution in [0.15, 0.2) is 29.0 Å². The Hall–Kier alpha value is -1.59. The molecule has 0 bridgehead atoms. The zero-order valence-electron chi connectivity index (χ0n) is 9.80. The lowest BCUT2D eigenvalue weighted by Crippen LogP contribution is -2.30. The standard InChI is InChI=1S/C12H16N2O3/c1-16-9-6-14(5-7-15)12-10-3-8-17-11(10)2-4-13-12/h2-4,8,15H,5-7,9H2,1H3. The molecule has 0 saturated heterocycles. The lowest BCUT2D eigenvalue weighted by atomic mass is 10.3. The van der Waals surface area contributed by atoms with Crippen LogP contribution < -0.4 is 4.90 Å². The van der Waals surface area contributed by atoms with Crippen molar-refractivity contribution < 1.29 is 14.3 Å².